The number of amides is 1. The first-order valence-electron chi connectivity index (χ1n) is 12.4. The van der Waals surface area contributed by atoms with Gasteiger partial charge in [0.2, 0.25) is 0 Å². The van der Waals surface area contributed by atoms with Crippen molar-refractivity contribution in [3.8, 4) is 5.75 Å². The van der Waals surface area contributed by atoms with E-state index in [1.165, 1.54) is 11.3 Å². The summed E-state index contributed by atoms with van der Waals surface area (Å²) in [7, 11) is 1.56. The smallest absolute Gasteiger partial charge is 0.261 e. The number of hydrogen-bond acceptors (Lipinski definition) is 5. The Bertz CT molecular complexity index is 1380. The highest BCUT2D eigenvalue weighted by molar-refractivity contribution is 7.80. The maximum absolute atomic E-state index is 12.9. The van der Waals surface area contributed by atoms with Gasteiger partial charge in [-0.15, -0.1) is 0 Å². The Hall–Kier alpha value is -3.94. The second-order valence-electron chi connectivity index (χ2n) is 9.10. The van der Waals surface area contributed by atoms with Gasteiger partial charge in [0.25, 0.3) is 5.91 Å². The largest absolute Gasteiger partial charge is 0.496 e. The van der Waals surface area contributed by atoms with Crippen LogP contribution in [0.4, 0.5) is 11.4 Å². The molecular formula is C30H30N4O2S. The van der Waals surface area contributed by atoms with Crippen LogP contribution in [0.3, 0.4) is 0 Å². The van der Waals surface area contributed by atoms with E-state index < -0.39 is 0 Å². The van der Waals surface area contributed by atoms with Crippen LogP contribution in [0.5, 0.6) is 5.75 Å². The van der Waals surface area contributed by atoms with Gasteiger partial charge in [-0.25, -0.2) is 0 Å². The average molecular weight is 511 g/mol. The fraction of sp³-hybridized carbons (Fsp3) is 0.200. The number of nitrogens with zero attached hydrogens (tertiary/aromatic N) is 2. The molecule has 4 aromatic carbocycles. The molecule has 1 saturated heterocycles. The molecule has 0 unspecified atom stereocenters. The average Bonchev–Trinajstić information content (AvgIpc) is 2.93. The van der Waals surface area contributed by atoms with Gasteiger partial charge in [0, 0.05) is 44.1 Å². The zero-order valence-electron chi connectivity index (χ0n) is 20.8. The third kappa shape index (κ3) is 6.07. The molecule has 2 N–H and O–H groups in total. The van der Waals surface area contributed by atoms with Gasteiger partial charge in [-0.2, -0.15) is 0 Å². The number of fused-ring (bicyclic) bond motifs is 1. The lowest BCUT2D eigenvalue weighted by molar-refractivity contribution is 0.0975. The van der Waals surface area contributed by atoms with Crippen molar-refractivity contribution in [2.45, 2.75) is 6.54 Å². The number of nitrogens with one attached hydrogen (secondary N) is 2. The van der Waals surface area contributed by atoms with E-state index in [0.29, 0.717) is 11.3 Å². The predicted molar refractivity (Wildman–Crippen MR) is 155 cm³/mol. The molecule has 0 aliphatic carbocycles. The van der Waals surface area contributed by atoms with Crippen molar-refractivity contribution >= 4 is 45.4 Å². The zero-order chi connectivity index (χ0) is 25.6. The second-order valence-corrected chi connectivity index (χ2v) is 9.51. The number of anilines is 2. The van der Waals surface area contributed by atoms with Gasteiger partial charge < -0.3 is 15.0 Å². The van der Waals surface area contributed by atoms with E-state index in [2.05, 4.69) is 62.9 Å². The van der Waals surface area contributed by atoms with Crippen LogP contribution in [0, 0.1) is 0 Å². The summed E-state index contributed by atoms with van der Waals surface area (Å²) in [6, 6.07) is 30.3. The lowest BCUT2D eigenvalue weighted by atomic mass is 10.1. The molecule has 188 valence electrons. The van der Waals surface area contributed by atoms with Crippen LogP contribution < -0.4 is 20.3 Å². The molecule has 0 saturated carbocycles. The summed E-state index contributed by atoms with van der Waals surface area (Å²) in [6.07, 6.45) is 0. The third-order valence-corrected chi connectivity index (χ3v) is 6.86. The number of rotatable bonds is 6. The molecule has 1 heterocycles. The lowest BCUT2D eigenvalue weighted by Crippen LogP contribution is -2.45. The zero-order valence-corrected chi connectivity index (χ0v) is 21.6. The number of methoxy groups -OCH3 is 1. The van der Waals surface area contributed by atoms with Gasteiger partial charge in [0.1, 0.15) is 5.75 Å². The van der Waals surface area contributed by atoms with Crippen molar-refractivity contribution in [1.29, 1.82) is 0 Å². The third-order valence-electron chi connectivity index (χ3n) is 6.65. The van der Waals surface area contributed by atoms with Crippen molar-refractivity contribution in [3.63, 3.8) is 0 Å². The maximum atomic E-state index is 12.9. The molecule has 0 spiro atoms. The maximum Gasteiger partial charge on any atom is 0.261 e. The van der Waals surface area contributed by atoms with Gasteiger partial charge in [0.05, 0.1) is 12.7 Å². The van der Waals surface area contributed by atoms with Crippen LogP contribution in [0.25, 0.3) is 10.8 Å². The molecule has 0 atom stereocenters. The van der Waals surface area contributed by atoms with Gasteiger partial charge in [-0.05, 0) is 65.0 Å². The summed E-state index contributed by atoms with van der Waals surface area (Å²) in [5.74, 6) is 0.192. The van der Waals surface area contributed by atoms with E-state index in [9.17, 15) is 4.79 Å². The molecule has 4 aromatic rings. The van der Waals surface area contributed by atoms with Crippen molar-refractivity contribution in [2.24, 2.45) is 0 Å². The Morgan fingerprint density at radius 2 is 1.51 bits per heavy atom. The number of piperazine rings is 1. The summed E-state index contributed by atoms with van der Waals surface area (Å²) < 4.78 is 5.45. The van der Waals surface area contributed by atoms with E-state index >= 15 is 0 Å². The fourth-order valence-electron chi connectivity index (χ4n) is 4.66. The minimum atomic E-state index is -0.315. The van der Waals surface area contributed by atoms with E-state index in [4.69, 9.17) is 17.0 Å². The Labute approximate surface area is 222 Å². The van der Waals surface area contributed by atoms with E-state index in [1.54, 1.807) is 7.11 Å². The summed E-state index contributed by atoms with van der Waals surface area (Å²) in [5.41, 5.74) is 3.80. The molecule has 1 amide bonds. The Kier molecular flexibility index (Phi) is 7.63. The predicted octanol–water partition coefficient (Wildman–Crippen LogP) is 5.30. The van der Waals surface area contributed by atoms with Gasteiger partial charge in [-0.1, -0.05) is 54.6 Å². The van der Waals surface area contributed by atoms with Crippen LogP contribution in [0.2, 0.25) is 0 Å². The fourth-order valence-corrected chi connectivity index (χ4v) is 4.87. The van der Waals surface area contributed by atoms with Crippen LogP contribution >= 0.6 is 12.2 Å². The van der Waals surface area contributed by atoms with Crippen molar-refractivity contribution in [3.05, 3.63) is 102 Å². The van der Waals surface area contributed by atoms with Crippen molar-refractivity contribution in [2.75, 3.05) is 43.5 Å². The highest BCUT2D eigenvalue weighted by atomic mass is 32.1. The van der Waals surface area contributed by atoms with E-state index in [1.807, 2.05) is 48.5 Å². The van der Waals surface area contributed by atoms with Crippen LogP contribution in [0.1, 0.15) is 15.9 Å². The van der Waals surface area contributed by atoms with E-state index in [-0.39, 0.29) is 11.0 Å². The quantitative estimate of drug-likeness (QED) is 0.344. The summed E-state index contributed by atoms with van der Waals surface area (Å²) >= 11 is 5.41. The minimum Gasteiger partial charge on any atom is -0.496 e. The lowest BCUT2D eigenvalue weighted by Gasteiger charge is -2.36. The van der Waals surface area contributed by atoms with Gasteiger partial charge >= 0.3 is 0 Å². The van der Waals surface area contributed by atoms with Gasteiger partial charge in [-0.3, -0.25) is 15.0 Å². The molecule has 0 aromatic heterocycles. The van der Waals surface area contributed by atoms with Crippen LogP contribution in [-0.4, -0.2) is 49.2 Å². The topological polar surface area (TPSA) is 56.8 Å². The number of thiocarbonyl (C=S) groups is 1. The van der Waals surface area contributed by atoms with E-state index in [0.717, 1.165) is 49.2 Å². The van der Waals surface area contributed by atoms with Crippen LogP contribution in [0.15, 0.2) is 91.0 Å². The molecular weight excluding hydrogens is 480 g/mol. The molecule has 6 nitrogen and oxygen atoms in total. The minimum absolute atomic E-state index is 0.238. The first kappa shape index (κ1) is 24.7. The Morgan fingerprint density at radius 3 is 2.19 bits per heavy atom. The molecule has 5 rings (SSSR count). The first-order chi connectivity index (χ1) is 18.1. The number of hydrogen-bond donors (Lipinski definition) is 2. The number of carbonyl (C=O) groups excluding carboxylic acids is 1. The molecule has 37 heavy (non-hydrogen) atoms. The number of ether oxygens (including phenoxy) is 1. The first-order valence-corrected chi connectivity index (χ1v) is 12.8. The van der Waals surface area contributed by atoms with Crippen molar-refractivity contribution in [1.82, 2.24) is 10.2 Å². The molecule has 0 radical (unpaired) electrons. The number of benzene rings is 4. The number of carbonyl (C=O) groups is 1. The highest BCUT2D eigenvalue weighted by Crippen LogP contribution is 2.26. The summed E-state index contributed by atoms with van der Waals surface area (Å²) in [6.45, 7) is 5.03. The standard InChI is InChI=1S/C30H30N4O2S/c1-36-28-20-24-10-6-5-9-23(24)19-27(28)29(35)32-30(37)31-25-11-13-26(14-12-25)34-17-15-33(16-18-34)21-22-7-3-2-4-8-22/h2-14,19-20H,15-18,21H2,1H3,(H2,31,32,35,37). The van der Waals surface area contributed by atoms with Gasteiger partial charge in [0.15, 0.2) is 5.11 Å². The second kappa shape index (κ2) is 11.4. The Morgan fingerprint density at radius 1 is 0.865 bits per heavy atom. The normalized spacial score (nSPS) is 13.8. The SMILES string of the molecule is COc1cc2ccccc2cc1C(=O)NC(=S)Nc1ccc(N2CCN(Cc3ccccc3)CC2)cc1. The molecule has 0 bridgehead atoms. The monoisotopic (exact) mass is 510 g/mol. The highest BCUT2D eigenvalue weighted by Gasteiger charge is 2.18. The molecule has 1 aliphatic heterocycles. The van der Waals surface area contributed by atoms with Crippen LogP contribution in [-0.2, 0) is 6.54 Å². The molecule has 1 fully saturated rings. The summed E-state index contributed by atoms with van der Waals surface area (Å²) in [4.78, 5) is 17.8. The molecule has 1 aliphatic rings. The molecule has 7 heteroatoms. The Balaban J connectivity index is 1.15. The summed E-state index contributed by atoms with van der Waals surface area (Å²) in [5, 5.41) is 8.09. The van der Waals surface area contributed by atoms with Crippen molar-refractivity contribution < 1.29 is 9.53 Å².